The highest BCUT2D eigenvalue weighted by atomic mass is 32.2. The molecule has 0 saturated carbocycles. The second-order valence-corrected chi connectivity index (χ2v) is 6.45. The molecule has 0 unspecified atom stereocenters. The third-order valence-electron chi connectivity index (χ3n) is 3.34. The molecule has 0 atom stereocenters. The van der Waals surface area contributed by atoms with Crippen LogP contribution in [0.4, 0.5) is 0 Å². The van der Waals surface area contributed by atoms with E-state index < -0.39 is 0 Å². The monoisotopic (exact) mass is 306 g/mol. The summed E-state index contributed by atoms with van der Waals surface area (Å²) in [6, 6.07) is 24.9. The minimum atomic E-state index is 0.858. The van der Waals surface area contributed by atoms with E-state index >= 15 is 0 Å². The summed E-state index contributed by atoms with van der Waals surface area (Å²) in [7, 11) is 0. The zero-order valence-corrected chi connectivity index (χ0v) is 13.6. The normalized spacial score (nSPS) is 10.5. The summed E-state index contributed by atoms with van der Waals surface area (Å²) in [5, 5.41) is 0. The van der Waals surface area contributed by atoms with Gasteiger partial charge in [0.25, 0.3) is 0 Å². The SMILES string of the molecule is Cc1ccc(Oc2ccc(Sc3ccc(C)cc3)cc2)cc1. The van der Waals surface area contributed by atoms with E-state index in [1.165, 1.54) is 20.9 Å². The lowest BCUT2D eigenvalue weighted by atomic mass is 10.2. The van der Waals surface area contributed by atoms with Crippen LogP contribution in [-0.2, 0) is 0 Å². The van der Waals surface area contributed by atoms with Crippen molar-refractivity contribution in [2.45, 2.75) is 23.6 Å². The molecular weight excluding hydrogens is 288 g/mol. The molecule has 0 bridgehead atoms. The zero-order chi connectivity index (χ0) is 15.4. The van der Waals surface area contributed by atoms with E-state index in [0.717, 1.165) is 11.5 Å². The predicted octanol–water partition coefficient (Wildman–Crippen LogP) is 6.25. The summed E-state index contributed by atoms with van der Waals surface area (Å²) in [5.41, 5.74) is 2.52. The Morgan fingerprint density at radius 1 is 0.545 bits per heavy atom. The van der Waals surface area contributed by atoms with E-state index in [-0.39, 0.29) is 0 Å². The molecule has 0 fully saturated rings. The fourth-order valence-corrected chi connectivity index (χ4v) is 2.88. The van der Waals surface area contributed by atoms with Crippen molar-refractivity contribution < 1.29 is 4.74 Å². The molecule has 3 aromatic carbocycles. The summed E-state index contributed by atoms with van der Waals surface area (Å²) in [4.78, 5) is 2.46. The lowest BCUT2D eigenvalue weighted by molar-refractivity contribution is 0.482. The van der Waals surface area contributed by atoms with E-state index in [0.29, 0.717) is 0 Å². The third-order valence-corrected chi connectivity index (χ3v) is 4.35. The molecule has 0 aliphatic carbocycles. The van der Waals surface area contributed by atoms with Gasteiger partial charge in [0.05, 0.1) is 0 Å². The number of hydrogen-bond acceptors (Lipinski definition) is 2. The molecule has 2 heteroatoms. The molecule has 1 nitrogen and oxygen atoms in total. The van der Waals surface area contributed by atoms with E-state index in [4.69, 9.17) is 4.74 Å². The molecule has 22 heavy (non-hydrogen) atoms. The fourth-order valence-electron chi connectivity index (χ4n) is 2.06. The molecule has 3 aromatic rings. The number of hydrogen-bond donors (Lipinski definition) is 0. The maximum absolute atomic E-state index is 5.85. The molecule has 0 spiro atoms. The number of aryl methyl sites for hydroxylation is 2. The molecular formula is C20H18OS. The topological polar surface area (TPSA) is 9.23 Å². The molecule has 0 heterocycles. The highest BCUT2D eigenvalue weighted by Crippen LogP contribution is 2.30. The van der Waals surface area contributed by atoms with Crippen molar-refractivity contribution in [1.82, 2.24) is 0 Å². The molecule has 0 N–H and O–H groups in total. The number of benzene rings is 3. The van der Waals surface area contributed by atoms with Crippen LogP contribution in [0.15, 0.2) is 82.6 Å². The zero-order valence-electron chi connectivity index (χ0n) is 12.7. The standard InChI is InChI=1S/C20H18OS/c1-15-3-7-17(8-4-15)21-18-9-13-20(14-10-18)22-19-11-5-16(2)6-12-19/h3-14H,1-2H3. The van der Waals surface area contributed by atoms with Crippen LogP contribution in [0.5, 0.6) is 11.5 Å². The first-order valence-electron chi connectivity index (χ1n) is 7.28. The van der Waals surface area contributed by atoms with Crippen LogP contribution in [0.3, 0.4) is 0 Å². The van der Waals surface area contributed by atoms with E-state index in [9.17, 15) is 0 Å². The first-order chi connectivity index (χ1) is 10.7. The molecule has 0 aliphatic heterocycles. The smallest absolute Gasteiger partial charge is 0.127 e. The molecule has 0 aliphatic rings. The second-order valence-electron chi connectivity index (χ2n) is 5.30. The van der Waals surface area contributed by atoms with Crippen LogP contribution < -0.4 is 4.74 Å². The van der Waals surface area contributed by atoms with Crippen molar-refractivity contribution in [2.75, 3.05) is 0 Å². The largest absolute Gasteiger partial charge is 0.457 e. The van der Waals surface area contributed by atoms with Crippen LogP contribution >= 0.6 is 11.8 Å². The summed E-state index contributed by atoms with van der Waals surface area (Å²) >= 11 is 1.76. The van der Waals surface area contributed by atoms with Gasteiger partial charge in [0, 0.05) is 9.79 Å². The molecule has 110 valence electrons. The number of rotatable bonds is 4. The van der Waals surface area contributed by atoms with Gasteiger partial charge in [-0.15, -0.1) is 0 Å². The molecule has 3 rings (SSSR count). The van der Waals surface area contributed by atoms with Gasteiger partial charge in [-0.2, -0.15) is 0 Å². The summed E-state index contributed by atoms with van der Waals surface area (Å²) in [6.07, 6.45) is 0. The summed E-state index contributed by atoms with van der Waals surface area (Å²) < 4.78 is 5.85. The Kier molecular flexibility index (Phi) is 4.50. The Morgan fingerprint density at radius 3 is 1.41 bits per heavy atom. The Balaban J connectivity index is 1.67. The van der Waals surface area contributed by atoms with E-state index in [1.807, 2.05) is 24.3 Å². The molecule has 0 aromatic heterocycles. The van der Waals surface area contributed by atoms with Gasteiger partial charge >= 0.3 is 0 Å². The van der Waals surface area contributed by atoms with Crippen molar-refractivity contribution >= 4 is 11.8 Å². The van der Waals surface area contributed by atoms with Gasteiger partial charge < -0.3 is 4.74 Å². The summed E-state index contributed by atoms with van der Waals surface area (Å²) in [5.74, 6) is 1.72. The van der Waals surface area contributed by atoms with Crippen molar-refractivity contribution in [3.05, 3.63) is 83.9 Å². The Morgan fingerprint density at radius 2 is 0.909 bits per heavy atom. The quantitative estimate of drug-likeness (QED) is 0.563. The lowest BCUT2D eigenvalue weighted by Crippen LogP contribution is -1.84. The minimum Gasteiger partial charge on any atom is -0.457 e. The summed E-state index contributed by atoms with van der Waals surface area (Å²) in [6.45, 7) is 4.17. The van der Waals surface area contributed by atoms with Gasteiger partial charge in [0.1, 0.15) is 11.5 Å². The minimum absolute atomic E-state index is 0.858. The molecule has 0 saturated heterocycles. The van der Waals surface area contributed by atoms with Crippen LogP contribution in [0, 0.1) is 13.8 Å². The van der Waals surface area contributed by atoms with Gasteiger partial charge in [-0.25, -0.2) is 0 Å². The van der Waals surface area contributed by atoms with Crippen LogP contribution in [0.2, 0.25) is 0 Å². The number of ether oxygens (including phenoxy) is 1. The van der Waals surface area contributed by atoms with E-state index in [2.05, 4.69) is 62.4 Å². The predicted molar refractivity (Wildman–Crippen MR) is 93.0 cm³/mol. The molecule has 0 amide bonds. The van der Waals surface area contributed by atoms with Crippen LogP contribution in [0.25, 0.3) is 0 Å². The van der Waals surface area contributed by atoms with Crippen molar-refractivity contribution in [3.8, 4) is 11.5 Å². The van der Waals surface area contributed by atoms with Gasteiger partial charge in [0.15, 0.2) is 0 Å². The first-order valence-corrected chi connectivity index (χ1v) is 8.10. The molecule has 0 radical (unpaired) electrons. The Hall–Kier alpha value is -2.19. The van der Waals surface area contributed by atoms with Gasteiger partial charge in [-0.1, -0.05) is 47.2 Å². The van der Waals surface area contributed by atoms with Crippen molar-refractivity contribution in [1.29, 1.82) is 0 Å². The highest BCUT2D eigenvalue weighted by molar-refractivity contribution is 7.99. The van der Waals surface area contributed by atoms with Gasteiger partial charge in [-0.3, -0.25) is 0 Å². The Bertz CT molecular complexity index is 662. The first kappa shape index (κ1) is 14.7. The van der Waals surface area contributed by atoms with Gasteiger partial charge in [-0.05, 0) is 62.4 Å². The van der Waals surface area contributed by atoms with Crippen molar-refractivity contribution in [2.24, 2.45) is 0 Å². The highest BCUT2D eigenvalue weighted by Gasteiger charge is 2.00. The van der Waals surface area contributed by atoms with Gasteiger partial charge in [0.2, 0.25) is 0 Å². The van der Waals surface area contributed by atoms with Crippen molar-refractivity contribution in [3.63, 3.8) is 0 Å². The lowest BCUT2D eigenvalue weighted by Gasteiger charge is -2.07. The van der Waals surface area contributed by atoms with Crippen LogP contribution in [-0.4, -0.2) is 0 Å². The van der Waals surface area contributed by atoms with E-state index in [1.54, 1.807) is 11.8 Å². The Labute approximate surface area is 136 Å². The maximum Gasteiger partial charge on any atom is 0.127 e. The average molecular weight is 306 g/mol. The third kappa shape index (κ3) is 3.92. The fraction of sp³-hybridized carbons (Fsp3) is 0.100. The van der Waals surface area contributed by atoms with Crippen LogP contribution in [0.1, 0.15) is 11.1 Å². The second kappa shape index (κ2) is 6.71. The maximum atomic E-state index is 5.85. The average Bonchev–Trinajstić information content (AvgIpc) is 2.54.